The average molecular weight is 343 g/mol. The standard InChI is InChI=1S/C19H22FN3O2/c1-14-7-18(22-13-21-14)9-16-11-23(5-6-25-12-16)19(24)10-15-3-2-4-17(20)8-15/h2-4,7-8,13,16H,5-6,9-12H2,1H3/t16-/m0/s1. The highest BCUT2D eigenvalue weighted by molar-refractivity contribution is 5.78. The molecule has 1 aromatic carbocycles. The number of halogens is 1. The molecule has 1 fully saturated rings. The molecular formula is C19H22FN3O2. The molecule has 0 radical (unpaired) electrons. The second-order valence-corrected chi connectivity index (χ2v) is 6.44. The molecule has 1 aliphatic rings. The zero-order valence-corrected chi connectivity index (χ0v) is 14.3. The van der Waals surface area contributed by atoms with E-state index in [0.29, 0.717) is 31.9 Å². The minimum absolute atomic E-state index is 0.0000296. The summed E-state index contributed by atoms with van der Waals surface area (Å²) in [6.45, 7) is 4.25. The minimum Gasteiger partial charge on any atom is -0.379 e. The van der Waals surface area contributed by atoms with Crippen LogP contribution in [0.5, 0.6) is 0 Å². The molecule has 1 saturated heterocycles. The lowest BCUT2D eigenvalue weighted by Crippen LogP contribution is -2.37. The van der Waals surface area contributed by atoms with Crippen molar-refractivity contribution in [1.29, 1.82) is 0 Å². The number of hydrogen-bond acceptors (Lipinski definition) is 4. The van der Waals surface area contributed by atoms with Gasteiger partial charge in [0, 0.05) is 30.4 Å². The van der Waals surface area contributed by atoms with Crippen LogP contribution in [-0.2, 0) is 22.4 Å². The summed E-state index contributed by atoms with van der Waals surface area (Å²) in [5, 5.41) is 0. The average Bonchev–Trinajstić information content (AvgIpc) is 2.80. The SMILES string of the molecule is Cc1cc(C[C@@H]2COCCN(C(=O)Cc3cccc(F)c3)C2)ncn1. The van der Waals surface area contributed by atoms with Crippen molar-refractivity contribution in [2.75, 3.05) is 26.3 Å². The normalized spacial score (nSPS) is 18.0. The van der Waals surface area contributed by atoms with E-state index in [0.717, 1.165) is 17.8 Å². The number of hydrogen-bond donors (Lipinski definition) is 0. The molecule has 2 aromatic rings. The van der Waals surface area contributed by atoms with Crippen molar-refractivity contribution < 1.29 is 13.9 Å². The first-order valence-electron chi connectivity index (χ1n) is 8.47. The van der Waals surface area contributed by atoms with Gasteiger partial charge in [0.2, 0.25) is 5.91 Å². The Kier molecular flexibility index (Phi) is 5.71. The van der Waals surface area contributed by atoms with Crippen LogP contribution < -0.4 is 0 Å². The predicted octanol–water partition coefficient (Wildman–Crippen LogP) is 2.18. The maximum Gasteiger partial charge on any atom is 0.227 e. The van der Waals surface area contributed by atoms with Crippen LogP contribution in [0.2, 0.25) is 0 Å². The molecule has 1 atom stereocenters. The second-order valence-electron chi connectivity index (χ2n) is 6.44. The Hall–Kier alpha value is -2.34. The van der Waals surface area contributed by atoms with Crippen molar-refractivity contribution in [2.24, 2.45) is 5.92 Å². The first-order chi connectivity index (χ1) is 12.1. The van der Waals surface area contributed by atoms with Gasteiger partial charge in [0.1, 0.15) is 12.1 Å². The van der Waals surface area contributed by atoms with Crippen LogP contribution in [0.1, 0.15) is 17.0 Å². The van der Waals surface area contributed by atoms with Gasteiger partial charge in [-0.25, -0.2) is 14.4 Å². The molecule has 132 valence electrons. The van der Waals surface area contributed by atoms with Gasteiger partial charge >= 0.3 is 0 Å². The van der Waals surface area contributed by atoms with E-state index in [1.807, 2.05) is 17.9 Å². The van der Waals surface area contributed by atoms with Gasteiger partial charge in [0.05, 0.1) is 19.6 Å². The Morgan fingerprint density at radius 1 is 1.36 bits per heavy atom. The lowest BCUT2D eigenvalue weighted by atomic mass is 10.0. The van der Waals surface area contributed by atoms with E-state index in [1.54, 1.807) is 18.5 Å². The van der Waals surface area contributed by atoms with Crippen molar-refractivity contribution in [3.8, 4) is 0 Å². The van der Waals surface area contributed by atoms with Gasteiger partial charge in [0.15, 0.2) is 0 Å². The molecule has 1 aromatic heterocycles. The molecule has 25 heavy (non-hydrogen) atoms. The Labute approximate surface area is 146 Å². The Balaban J connectivity index is 1.63. The van der Waals surface area contributed by atoms with E-state index >= 15 is 0 Å². The van der Waals surface area contributed by atoms with Gasteiger partial charge < -0.3 is 9.64 Å². The van der Waals surface area contributed by atoms with E-state index in [2.05, 4.69) is 9.97 Å². The summed E-state index contributed by atoms with van der Waals surface area (Å²) >= 11 is 0. The second kappa shape index (κ2) is 8.16. The maximum atomic E-state index is 13.3. The van der Waals surface area contributed by atoms with Crippen molar-refractivity contribution >= 4 is 5.91 Å². The largest absolute Gasteiger partial charge is 0.379 e. The molecule has 1 aliphatic heterocycles. The quantitative estimate of drug-likeness (QED) is 0.854. The van der Waals surface area contributed by atoms with E-state index in [9.17, 15) is 9.18 Å². The number of amides is 1. The Bertz CT molecular complexity index is 738. The third kappa shape index (κ3) is 5.06. The lowest BCUT2D eigenvalue weighted by molar-refractivity contribution is -0.130. The predicted molar refractivity (Wildman–Crippen MR) is 91.5 cm³/mol. The van der Waals surface area contributed by atoms with Crippen molar-refractivity contribution in [2.45, 2.75) is 19.8 Å². The lowest BCUT2D eigenvalue weighted by Gasteiger charge is -2.23. The number of rotatable bonds is 4. The van der Waals surface area contributed by atoms with Gasteiger partial charge in [-0.3, -0.25) is 4.79 Å². The molecule has 0 saturated carbocycles. The number of nitrogens with zero attached hydrogens (tertiary/aromatic N) is 3. The van der Waals surface area contributed by atoms with E-state index < -0.39 is 0 Å². The summed E-state index contributed by atoms with van der Waals surface area (Å²) in [4.78, 5) is 22.8. The van der Waals surface area contributed by atoms with Crippen LogP contribution in [0.4, 0.5) is 4.39 Å². The summed E-state index contributed by atoms with van der Waals surface area (Å²) in [7, 11) is 0. The number of carbonyl (C=O) groups is 1. The molecule has 6 heteroatoms. The minimum atomic E-state index is -0.318. The zero-order valence-electron chi connectivity index (χ0n) is 14.3. The topological polar surface area (TPSA) is 55.3 Å². The highest BCUT2D eigenvalue weighted by atomic mass is 19.1. The Morgan fingerprint density at radius 2 is 2.24 bits per heavy atom. The molecule has 3 rings (SSSR count). The fraction of sp³-hybridized carbons (Fsp3) is 0.421. The molecular weight excluding hydrogens is 321 g/mol. The highest BCUT2D eigenvalue weighted by Gasteiger charge is 2.23. The molecule has 1 amide bonds. The maximum absolute atomic E-state index is 13.3. The van der Waals surface area contributed by atoms with Gasteiger partial charge in [0.25, 0.3) is 0 Å². The van der Waals surface area contributed by atoms with Crippen LogP contribution in [0, 0.1) is 18.7 Å². The summed E-state index contributed by atoms with van der Waals surface area (Å²) in [6, 6.07) is 8.16. The number of ether oxygens (including phenoxy) is 1. The van der Waals surface area contributed by atoms with Crippen molar-refractivity contribution in [3.63, 3.8) is 0 Å². The van der Waals surface area contributed by atoms with Gasteiger partial charge in [-0.1, -0.05) is 12.1 Å². The monoisotopic (exact) mass is 343 g/mol. The smallest absolute Gasteiger partial charge is 0.227 e. The number of aromatic nitrogens is 2. The van der Waals surface area contributed by atoms with Gasteiger partial charge in [-0.2, -0.15) is 0 Å². The first-order valence-corrected chi connectivity index (χ1v) is 8.47. The Morgan fingerprint density at radius 3 is 3.04 bits per heavy atom. The third-order valence-corrected chi connectivity index (χ3v) is 4.29. The molecule has 5 nitrogen and oxygen atoms in total. The number of benzene rings is 1. The fourth-order valence-corrected chi connectivity index (χ4v) is 3.08. The summed E-state index contributed by atoms with van der Waals surface area (Å²) < 4.78 is 19.0. The highest BCUT2D eigenvalue weighted by Crippen LogP contribution is 2.15. The van der Waals surface area contributed by atoms with Crippen LogP contribution in [0.15, 0.2) is 36.7 Å². The molecule has 0 bridgehead atoms. The van der Waals surface area contributed by atoms with E-state index in [-0.39, 0.29) is 24.1 Å². The van der Waals surface area contributed by atoms with Crippen molar-refractivity contribution in [1.82, 2.24) is 14.9 Å². The summed E-state index contributed by atoms with van der Waals surface area (Å²) in [5.74, 6) is -0.130. The summed E-state index contributed by atoms with van der Waals surface area (Å²) in [5.41, 5.74) is 2.58. The van der Waals surface area contributed by atoms with Crippen LogP contribution >= 0.6 is 0 Å². The fourth-order valence-electron chi connectivity index (χ4n) is 3.08. The van der Waals surface area contributed by atoms with Crippen LogP contribution in [0.3, 0.4) is 0 Å². The number of carbonyl (C=O) groups excluding carboxylic acids is 1. The third-order valence-electron chi connectivity index (χ3n) is 4.29. The molecule has 0 unspecified atom stereocenters. The molecule has 0 spiro atoms. The van der Waals surface area contributed by atoms with Crippen molar-refractivity contribution in [3.05, 3.63) is 59.4 Å². The summed E-state index contributed by atoms with van der Waals surface area (Å²) in [6.07, 6.45) is 2.51. The van der Waals surface area contributed by atoms with E-state index in [1.165, 1.54) is 12.1 Å². The van der Waals surface area contributed by atoms with E-state index in [4.69, 9.17) is 4.74 Å². The first kappa shape index (κ1) is 17.5. The number of aryl methyl sites for hydroxylation is 1. The molecule has 0 aliphatic carbocycles. The van der Waals surface area contributed by atoms with Gasteiger partial charge in [-0.15, -0.1) is 0 Å². The molecule has 2 heterocycles. The zero-order chi connectivity index (χ0) is 17.6. The van der Waals surface area contributed by atoms with Crippen LogP contribution in [-0.4, -0.2) is 47.1 Å². The molecule has 0 N–H and O–H groups in total. The van der Waals surface area contributed by atoms with Gasteiger partial charge in [-0.05, 0) is 37.1 Å². The van der Waals surface area contributed by atoms with Crippen LogP contribution in [0.25, 0.3) is 0 Å².